The standard InChI is InChI=1S/C16H29N3O/c1-13-11-14(12-19(13)15-5-6-15)17-8-7-16(20)18-9-3-2-4-10-18/h13-15,17H,2-12H2,1H3. The van der Waals surface area contributed by atoms with E-state index in [-0.39, 0.29) is 0 Å². The molecule has 3 fully saturated rings. The van der Waals surface area contributed by atoms with E-state index in [1.165, 1.54) is 45.1 Å². The van der Waals surface area contributed by atoms with Gasteiger partial charge in [0.25, 0.3) is 0 Å². The van der Waals surface area contributed by atoms with Gasteiger partial charge < -0.3 is 10.2 Å². The second kappa shape index (κ2) is 6.44. The summed E-state index contributed by atoms with van der Waals surface area (Å²) >= 11 is 0. The Balaban J connectivity index is 1.34. The SMILES string of the molecule is CC1CC(NCCC(=O)N2CCCCC2)CN1C1CC1. The number of rotatable bonds is 5. The molecule has 4 nitrogen and oxygen atoms in total. The monoisotopic (exact) mass is 279 g/mol. The number of amides is 1. The number of carbonyl (C=O) groups is 1. The maximum absolute atomic E-state index is 12.1. The molecule has 2 saturated heterocycles. The Bertz CT molecular complexity index is 337. The number of nitrogens with one attached hydrogen (secondary N) is 1. The van der Waals surface area contributed by atoms with Gasteiger partial charge in [0.05, 0.1) is 0 Å². The first-order valence-electron chi connectivity index (χ1n) is 8.51. The van der Waals surface area contributed by atoms with Gasteiger partial charge in [0.15, 0.2) is 0 Å². The molecule has 2 aliphatic heterocycles. The number of likely N-dealkylation sites (tertiary alicyclic amines) is 2. The zero-order valence-corrected chi connectivity index (χ0v) is 12.8. The van der Waals surface area contributed by atoms with Crippen molar-refractivity contribution in [3.05, 3.63) is 0 Å². The van der Waals surface area contributed by atoms with Crippen LogP contribution in [0, 0.1) is 0 Å². The molecule has 0 bridgehead atoms. The van der Waals surface area contributed by atoms with Gasteiger partial charge in [-0.15, -0.1) is 0 Å². The summed E-state index contributed by atoms with van der Waals surface area (Å²) in [7, 11) is 0. The topological polar surface area (TPSA) is 35.6 Å². The van der Waals surface area contributed by atoms with E-state index in [9.17, 15) is 4.79 Å². The minimum Gasteiger partial charge on any atom is -0.343 e. The van der Waals surface area contributed by atoms with Crippen LogP contribution in [0.5, 0.6) is 0 Å². The quantitative estimate of drug-likeness (QED) is 0.830. The molecule has 0 aromatic carbocycles. The highest BCUT2D eigenvalue weighted by atomic mass is 16.2. The molecule has 3 rings (SSSR count). The largest absolute Gasteiger partial charge is 0.343 e. The summed E-state index contributed by atoms with van der Waals surface area (Å²) in [5, 5.41) is 3.61. The van der Waals surface area contributed by atoms with Gasteiger partial charge in [-0.25, -0.2) is 0 Å². The van der Waals surface area contributed by atoms with Crippen molar-refractivity contribution >= 4 is 5.91 Å². The zero-order valence-electron chi connectivity index (χ0n) is 12.8. The molecule has 0 radical (unpaired) electrons. The zero-order chi connectivity index (χ0) is 13.9. The van der Waals surface area contributed by atoms with Crippen LogP contribution in [0.15, 0.2) is 0 Å². The van der Waals surface area contributed by atoms with E-state index in [2.05, 4.69) is 22.0 Å². The van der Waals surface area contributed by atoms with Crippen LogP contribution in [0.2, 0.25) is 0 Å². The fraction of sp³-hybridized carbons (Fsp3) is 0.938. The minimum absolute atomic E-state index is 0.349. The predicted molar refractivity (Wildman–Crippen MR) is 80.6 cm³/mol. The summed E-state index contributed by atoms with van der Waals surface area (Å²) in [5.41, 5.74) is 0. The predicted octanol–water partition coefficient (Wildman–Crippen LogP) is 1.60. The highest BCUT2D eigenvalue weighted by Crippen LogP contribution is 2.33. The molecular formula is C16H29N3O. The third-order valence-electron chi connectivity index (χ3n) is 5.12. The van der Waals surface area contributed by atoms with E-state index in [1.54, 1.807) is 0 Å². The fourth-order valence-corrected chi connectivity index (χ4v) is 3.80. The summed E-state index contributed by atoms with van der Waals surface area (Å²) in [6.07, 6.45) is 8.38. The Morgan fingerprint density at radius 3 is 2.65 bits per heavy atom. The molecule has 0 aromatic rings. The van der Waals surface area contributed by atoms with Crippen molar-refractivity contribution in [2.45, 2.75) is 70.0 Å². The van der Waals surface area contributed by atoms with Crippen molar-refractivity contribution in [3.63, 3.8) is 0 Å². The number of nitrogens with zero attached hydrogens (tertiary/aromatic N) is 2. The summed E-state index contributed by atoms with van der Waals surface area (Å²) < 4.78 is 0. The first kappa shape index (κ1) is 14.3. The Labute approximate surface area is 122 Å². The lowest BCUT2D eigenvalue weighted by atomic mass is 10.1. The van der Waals surface area contributed by atoms with Crippen LogP contribution < -0.4 is 5.32 Å². The second-order valence-electron chi connectivity index (χ2n) is 6.86. The van der Waals surface area contributed by atoms with Crippen molar-refractivity contribution in [1.29, 1.82) is 0 Å². The molecule has 2 heterocycles. The maximum atomic E-state index is 12.1. The third kappa shape index (κ3) is 3.53. The number of hydrogen-bond acceptors (Lipinski definition) is 3. The summed E-state index contributed by atoms with van der Waals surface area (Å²) in [6.45, 7) is 6.34. The molecule has 2 atom stereocenters. The van der Waals surface area contributed by atoms with Gasteiger partial charge >= 0.3 is 0 Å². The van der Waals surface area contributed by atoms with Crippen molar-refractivity contribution < 1.29 is 4.79 Å². The van der Waals surface area contributed by atoms with Crippen LogP contribution in [0.25, 0.3) is 0 Å². The molecule has 1 amide bonds. The Kier molecular flexibility index (Phi) is 4.61. The first-order valence-corrected chi connectivity index (χ1v) is 8.51. The van der Waals surface area contributed by atoms with Crippen LogP contribution in [0.1, 0.15) is 51.9 Å². The Hall–Kier alpha value is -0.610. The van der Waals surface area contributed by atoms with Crippen molar-refractivity contribution in [2.75, 3.05) is 26.2 Å². The smallest absolute Gasteiger partial charge is 0.223 e. The second-order valence-corrected chi connectivity index (χ2v) is 6.86. The molecule has 1 N–H and O–H groups in total. The van der Waals surface area contributed by atoms with Crippen molar-refractivity contribution in [1.82, 2.24) is 15.1 Å². The van der Waals surface area contributed by atoms with Crippen LogP contribution >= 0.6 is 0 Å². The van der Waals surface area contributed by atoms with Gasteiger partial charge in [-0.2, -0.15) is 0 Å². The van der Waals surface area contributed by atoms with E-state index < -0.39 is 0 Å². The molecule has 0 spiro atoms. The van der Waals surface area contributed by atoms with Crippen LogP contribution in [-0.2, 0) is 4.79 Å². The molecule has 0 aromatic heterocycles. The van der Waals surface area contributed by atoms with E-state index >= 15 is 0 Å². The Morgan fingerprint density at radius 1 is 1.20 bits per heavy atom. The molecule has 1 saturated carbocycles. The normalized spacial score (nSPS) is 31.8. The Morgan fingerprint density at radius 2 is 1.95 bits per heavy atom. The van der Waals surface area contributed by atoms with E-state index in [4.69, 9.17) is 0 Å². The molecule has 1 aliphatic carbocycles. The molecule has 3 aliphatic rings. The van der Waals surface area contributed by atoms with E-state index in [0.29, 0.717) is 18.4 Å². The highest BCUT2D eigenvalue weighted by molar-refractivity contribution is 5.76. The van der Waals surface area contributed by atoms with Crippen LogP contribution in [-0.4, -0.2) is 60.0 Å². The minimum atomic E-state index is 0.349. The molecular weight excluding hydrogens is 250 g/mol. The third-order valence-corrected chi connectivity index (χ3v) is 5.12. The summed E-state index contributed by atoms with van der Waals surface area (Å²) in [4.78, 5) is 16.8. The van der Waals surface area contributed by atoms with Crippen LogP contribution in [0.4, 0.5) is 0 Å². The lowest BCUT2D eigenvalue weighted by Gasteiger charge is -2.27. The van der Waals surface area contributed by atoms with E-state index in [0.717, 1.165) is 31.7 Å². The maximum Gasteiger partial charge on any atom is 0.223 e. The number of carbonyl (C=O) groups excluding carboxylic acids is 1. The lowest BCUT2D eigenvalue weighted by Crippen LogP contribution is -2.39. The van der Waals surface area contributed by atoms with Crippen molar-refractivity contribution in [3.8, 4) is 0 Å². The molecule has 20 heavy (non-hydrogen) atoms. The van der Waals surface area contributed by atoms with Gasteiger partial charge in [-0.3, -0.25) is 9.69 Å². The van der Waals surface area contributed by atoms with Gasteiger partial charge in [-0.05, 0) is 45.4 Å². The van der Waals surface area contributed by atoms with E-state index in [1.807, 2.05) is 0 Å². The van der Waals surface area contributed by atoms with Crippen LogP contribution in [0.3, 0.4) is 0 Å². The molecule has 114 valence electrons. The number of hydrogen-bond donors (Lipinski definition) is 1. The lowest BCUT2D eigenvalue weighted by molar-refractivity contribution is -0.132. The summed E-state index contributed by atoms with van der Waals surface area (Å²) in [6, 6.07) is 2.18. The number of piperidine rings is 1. The molecule has 2 unspecified atom stereocenters. The summed E-state index contributed by atoms with van der Waals surface area (Å²) in [5.74, 6) is 0.349. The average molecular weight is 279 g/mol. The average Bonchev–Trinajstić information content (AvgIpc) is 3.24. The molecule has 4 heteroatoms. The van der Waals surface area contributed by atoms with Crippen molar-refractivity contribution in [2.24, 2.45) is 0 Å². The van der Waals surface area contributed by atoms with Gasteiger partial charge in [0.1, 0.15) is 0 Å². The first-order chi connectivity index (χ1) is 9.74. The fourth-order valence-electron chi connectivity index (χ4n) is 3.80. The van der Waals surface area contributed by atoms with Gasteiger partial charge in [0.2, 0.25) is 5.91 Å². The van der Waals surface area contributed by atoms with Gasteiger partial charge in [-0.1, -0.05) is 0 Å². The van der Waals surface area contributed by atoms with Gasteiger partial charge in [0, 0.05) is 50.7 Å². The highest BCUT2D eigenvalue weighted by Gasteiger charge is 2.38.